The van der Waals surface area contributed by atoms with Gasteiger partial charge in [-0.15, -0.1) is 0 Å². The van der Waals surface area contributed by atoms with Gasteiger partial charge >= 0.3 is 0 Å². The van der Waals surface area contributed by atoms with E-state index in [1.165, 1.54) is 42.3 Å². The van der Waals surface area contributed by atoms with Crippen LogP contribution < -0.4 is 14.4 Å². The van der Waals surface area contributed by atoms with E-state index in [9.17, 15) is 18.0 Å². The molecule has 0 aromatic heterocycles. The Kier molecular flexibility index (Phi) is 10.3. The standard InChI is InChI=1S/C29H33BrClN3O5S/c1-20(28(36)32-29(2,3)4)33(18-21-8-6-9-22(30)16-21)27(35)19-34(24-11-7-10-23(31)17-24)40(37,38)26-14-12-25(39-5)13-15-26/h6-17,20H,18-19H2,1-5H3,(H,32,36)/t20-/m0/s1. The van der Waals surface area contributed by atoms with Gasteiger partial charge in [0.05, 0.1) is 17.7 Å². The predicted molar refractivity (Wildman–Crippen MR) is 161 cm³/mol. The molecule has 1 atom stereocenters. The molecule has 0 aliphatic rings. The van der Waals surface area contributed by atoms with Crippen LogP contribution in [-0.2, 0) is 26.2 Å². The SMILES string of the molecule is COc1ccc(S(=O)(=O)N(CC(=O)N(Cc2cccc(Br)c2)[C@@H](C)C(=O)NC(C)(C)C)c2cccc(Cl)c2)cc1. The van der Waals surface area contributed by atoms with Crippen LogP contribution in [0.15, 0.2) is 82.2 Å². The number of amides is 2. The Bertz CT molecular complexity index is 1460. The third kappa shape index (κ3) is 8.22. The highest BCUT2D eigenvalue weighted by molar-refractivity contribution is 9.10. The Morgan fingerprint density at radius 2 is 1.68 bits per heavy atom. The van der Waals surface area contributed by atoms with Crippen LogP contribution in [-0.4, -0.2) is 50.4 Å². The quantitative estimate of drug-likeness (QED) is 0.307. The number of nitrogens with zero attached hydrogens (tertiary/aromatic N) is 2. The molecular weight excluding hydrogens is 618 g/mol. The van der Waals surface area contributed by atoms with Gasteiger partial charge in [-0.25, -0.2) is 8.42 Å². The van der Waals surface area contributed by atoms with Gasteiger partial charge in [-0.1, -0.05) is 45.7 Å². The number of anilines is 1. The molecule has 0 saturated carbocycles. The molecule has 0 spiro atoms. The van der Waals surface area contributed by atoms with E-state index in [1.54, 1.807) is 25.1 Å². The van der Waals surface area contributed by atoms with Gasteiger partial charge in [-0.3, -0.25) is 13.9 Å². The molecular formula is C29H33BrClN3O5S. The molecule has 214 valence electrons. The molecule has 0 radical (unpaired) electrons. The summed E-state index contributed by atoms with van der Waals surface area (Å²) in [5, 5.41) is 3.22. The summed E-state index contributed by atoms with van der Waals surface area (Å²) in [7, 11) is -2.73. The molecule has 3 aromatic rings. The number of nitrogens with one attached hydrogen (secondary N) is 1. The number of hydrogen-bond donors (Lipinski definition) is 1. The lowest BCUT2D eigenvalue weighted by atomic mass is 10.1. The highest BCUT2D eigenvalue weighted by Crippen LogP contribution is 2.28. The minimum Gasteiger partial charge on any atom is -0.497 e. The van der Waals surface area contributed by atoms with Crippen molar-refractivity contribution in [1.29, 1.82) is 0 Å². The number of benzene rings is 3. The molecule has 0 saturated heterocycles. The van der Waals surface area contributed by atoms with Crippen LogP contribution in [0.25, 0.3) is 0 Å². The van der Waals surface area contributed by atoms with Crippen molar-refractivity contribution in [3.05, 3.63) is 87.9 Å². The molecule has 0 unspecified atom stereocenters. The Hall–Kier alpha value is -3.08. The van der Waals surface area contributed by atoms with E-state index in [-0.39, 0.29) is 23.0 Å². The minimum atomic E-state index is -4.22. The molecule has 0 bridgehead atoms. The second kappa shape index (κ2) is 13.1. The van der Waals surface area contributed by atoms with E-state index in [4.69, 9.17) is 16.3 Å². The fraction of sp³-hybridized carbons (Fsp3) is 0.310. The van der Waals surface area contributed by atoms with Gasteiger partial charge in [-0.05, 0) is 87.9 Å². The van der Waals surface area contributed by atoms with Gasteiger partial charge in [0, 0.05) is 21.6 Å². The largest absolute Gasteiger partial charge is 0.497 e. The number of carbonyl (C=O) groups is 2. The first kappa shape index (κ1) is 31.4. The number of hydrogen-bond acceptors (Lipinski definition) is 5. The van der Waals surface area contributed by atoms with Crippen LogP contribution >= 0.6 is 27.5 Å². The Labute approximate surface area is 249 Å². The zero-order valence-corrected chi connectivity index (χ0v) is 26.2. The van der Waals surface area contributed by atoms with Gasteiger partial charge in [0.1, 0.15) is 18.3 Å². The van der Waals surface area contributed by atoms with Crippen molar-refractivity contribution in [3.63, 3.8) is 0 Å². The van der Waals surface area contributed by atoms with E-state index < -0.39 is 34.1 Å². The van der Waals surface area contributed by atoms with E-state index in [1.807, 2.05) is 45.0 Å². The molecule has 40 heavy (non-hydrogen) atoms. The predicted octanol–water partition coefficient (Wildman–Crippen LogP) is 5.64. The van der Waals surface area contributed by atoms with E-state index in [0.717, 1.165) is 14.3 Å². The molecule has 2 amide bonds. The summed E-state index contributed by atoms with van der Waals surface area (Å²) in [6.07, 6.45) is 0. The summed E-state index contributed by atoms with van der Waals surface area (Å²) in [6, 6.07) is 18.6. The fourth-order valence-corrected chi connectivity index (χ4v) is 5.96. The van der Waals surface area contributed by atoms with Gasteiger partial charge in [-0.2, -0.15) is 0 Å². The molecule has 0 fully saturated rings. The molecule has 0 heterocycles. The third-order valence-electron chi connectivity index (χ3n) is 5.93. The van der Waals surface area contributed by atoms with Gasteiger partial charge in [0.2, 0.25) is 11.8 Å². The number of rotatable bonds is 10. The minimum absolute atomic E-state index is 0.0295. The van der Waals surface area contributed by atoms with Crippen molar-refractivity contribution in [3.8, 4) is 5.75 Å². The van der Waals surface area contributed by atoms with Crippen molar-refractivity contribution in [2.75, 3.05) is 18.0 Å². The monoisotopic (exact) mass is 649 g/mol. The molecule has 11 heteroatoms. The van der Waals surface area contributed by atoms with E-state index >= 15 is 0 Å². The summed E-state index contributed by atoms with van der Waals surface area (Å²) < 4.78 is 34.7. The number of methoxy groups -OCH3 is 1. The van der Waals surface area contributed by atoms with Gasteiger partial charge in [0.25, 0.3) is 10.0 Å². The van der Waals surface area contributed by atoms with Crippen LogP contribution in [0.2, 0.25) is 5.02 Å². The molecule has 0 aliphatic carbocycles. The lowest BCUT2D eigenvalue weighted by Crippen LogP contribution is -2.54. The van der Waals surface area contributed by atoms with E-state index in [2.05, 4.69) is 21.2 Å². The average molecular weight is 651 g/mol. The Balaban J connectivity index is 2.04. The fourth-order valence-electron chi connectivity index (χ4n) is 3.92. The third-order valence-corrected chi connectivity index (χ3v) is 8.45. The first-order valence-corrected chi connectivity index (χ1v) is 15.1. The maximum atomic E-state index is 14.0. The van der Waals surface area contributed by atoms with Crippen LogP contribution in [0.4, 0.5) is 5.69 Å². The summed E-state index contributed by atoms with van der Waals surface area (Å²) >= 11 is 9.65. The topological polar surface area (TPSA) is 96.0 Å². The smallest absolute Gasteiger partial charge is 0.264 e. The lowest BCUT2D eigenvalue weighted by Gasteiger charge is -2.33. The van der Waals surface area contributed by atoms with Crippen molar-refractivity contribution in [2.45, 2.75) is 50.7 Å². The Morgan fingerprint density at radius 1 is 1.02 bits per heavy atom. The average Bonchev–Trinajstić information content (AvgIpc) is 2.88. The van der Waals surface area contributed by atoms with Crippen molar-refractivity contribution in [1.82, 2.24) is 10.2 Å². The maximum Gasteiger partial charge on any atom is 0.264 e. The summed E-state index contributed by atoms with van der Waals surface area (Å²) in [5.74, 6) is -0.431. The molecule has 1 N–H and O–H groups in total. The number of ether oxygens (including phenoxy) is 1. The number of carbonyl (C=O) groups excluding carboxylic acids is 2. The van der Waals surface area contributed by atoms with Crippen LogP contribution in [0.3, 0.4) is 0 Å². The maximum absolute atomic E-state index is 14.0. The first-order chi connectivity index (χ1) is 18.7. The lowest BCUT2D eigenvalue weighted by molar-refractivity contribution is -0.140. The van der Waals surface area contributed by atoms with Crippen LogP contribution in [0.1, 0.15) is 33.3 Å². The summed E-state index contributed by atoms with van der Waals surface area (Å²) in [6.45, 7) is 6.69. The van der Waals surface area contributed by atoms with Crippen LogP contribution in [0, 0.1) is 0 Å². The molecule has 3 aromatic carbocycles. The second-order valence-corrected chi connectivity index (χ2v) is 13.4. The van der Waals surface area contributed by atoms with Crippen molar-refractivity contribution < 1.29 is 22.7 Å². The zero-order chi connectivity index (χ0) is 29.7. The number of halogens is 2. The highest BCUT2D eigenvalue weighted by atomic mass is 79.9. The molecule has 8 nitrogen and oxygen atoms in total. The van der Waals surface area contributed by atoms with Crippen molar-refractivity contribution in [2.24, 2.45) is 0 Å². The van der Waals surface area contributed by atoms with Gasteiger partial charge < -0.3 is 15.0 Å². The summed E-state index contributed by atoms with van der Waals surface area (Å²) in [5.41, 5.74) is 0.455. The van der Waals surface area contributed by atoms with Crippen LogP contribution in [0.5, 0.6) is 5.75 Å². The van der Waals surface area contributed by atoms with Gasteiger partial charge in [0.15, 0.2) is 0 Å². The molecule has 0 aliphatic heterocycles. The van der Waals surface area contributed by atoms with E-state index in [0.29, 0.717) is 10.8 Å². The first-order valence-electron chi connectivity index (χ1n) is 12.5. The highest BCUT2D eigenvalue weighted by Gasteiger charge is 2.33. The normalized spacial score (nSPS) is 12.4. The number of sulfonamides is 1. The zero-order valence-electron chi connectivity index (χ0n) is 23.0. The molecule has 3 rings (SSSR count). The Morgan fingerprint density at radius 3 is 2.25 bits per heavy atom. The van der Waals surface area contributed by atoms with Crippen molar-refractivity contribution >= 4 is 55.1 Å². The second-order valence-electron chi connectivity index (χ2n) is 10.2. The summed E-state index contributed by atoms with van der Waals surface area (Å²) in [4.78, 5) is 28.5.